The summed E-state index contributed by atoms with van der Waals surface area (Å²) < 4.78 is 28.5. The number of carbonyl (C=O) groups is 1. The van der Waals surface area contributed by atoms with Crippen LogP contribution < -0.4 is 10.2 Å². The third-order valence-electron chi connectivity index (χ3n) is 6.88. The fourth-order valence-electron chi connectivity index (χ4n) is 5.09. The number of nitrogens with zero attached hydrogens (tertiary/aromatic N) is 2. The van der Waals surface area contributed by atoms with Crippen LogP contribution in [0.4, 0.5) is 11.4 Å². The summed E-state index contributed by atoms with van der Waals surface area (Å²) in [5.41, 5.74) is 6.87. The molecule has 0 bridgehead atoms. The van der Waals surface area contributed by atoms with Gasteiger partial charge in [-0.2, -0.15) is 4.31 Å². The smallest absolute Gasteiger partial charge is 0.256 e. The molecular weight excluding hydrogens is 422 g/mol. The van der Waals surface area contributed by atoms with Gasteiger partial charge in [-0.1, -0.05) is 17.7 Å². The Morgan fingerprint density at radius 2 is 1.62 bits per heavy atom. The fraction of sp³-hybridized carbons (Fsp3) is 0.400. The van der Waals surface area contributed by atoms with Gasteiger partial charge in [0.25, 0.3) is 5.91 Å². The van der Waals surface area contributed by atoms with E-state index in [1.807, 2.05) is 0 Å². The van der Waals surface area contributed by atoms with Gasteiger partial charge in [0.1, 0.15) is 0 Å². The summed E-state index contributed by atoms with van der Waals surface area (Å²) in [6.45, 7) is 6.36. The van der Waals surface area contributed by atoms with E-state index in [4.69, 9.17) is 0 Å². The summed E-state index contributed by atoms with van der Waals surface area (Å²) in [5, 5.41) is 2.90. The average molecular weight is 452 g/mol. The van der Waals surface area contributed by atoms with E-state index >= 15 is 0 Å². The molecular formula is C25H29N3O3S. The molecule has 0 atom stereocenters. The van der Waals surface area contributed by atoms with Gasteiger partial charge < -0.3 is 10.2 Å². The average Bonchev–Trinajstić information content (AvgIpc) is 3.41. The summed E-state index contributed by atoms with van der Waals surface area (Å²) >= 11 is 0. The number of carbonyl (C=O) groups excluding carboxylic acids is 1. The second-order valence-electron chi connectivity index (χ2n) is 9.03. The van der Waals surface area contributed by atoms with Gasteiger partial charge >= 0.3 is 0 Å². The van der Waals surface area contributed by atoms with E-state index in [1.165, 1.54) is 16.8 Å². The number of hydrogen-bond acceptors (Lipinski definition) is 4. The fourth-order valence-corrected chi connectivity index (χ4v) is 6.54. The number of nitrogens with one attached hydrogen (secondary N) is 1. The van der Waals surface area contributed by atoms with Crippen LogP contribution >= 0.6 is 0 Å². The first-order valence-electron chi connectivity index (χ1n) is 11.3. The summed E-state index contributed by atoms with van der Waals surface area (Å²) in [5.74, 6) is -0.103. The maximum absolute atomic E-state index is 13.4. The number of sulfonamides is 1. The van der Waals surface area contributed by atoms with Crippen LogP contribution in [0, 0.1) is 13.8 Å². The highest BCUT2D eigenvalue weighted by Gasteiger charge is 2.33. The van der Waals surface area contributed by atoms with Crippen molar-refractivity contribution in [1.82, 2.24) is 4.31 Å². The molecule has 6 nitrogen and oxygen atoms in total. The van der Waals surface area contributed by atoms with E-state index in [0.717, 1.165) is 36.8 Å². The number of benzene rings is 2. The maximum Gasteiger partial charge on any atom is 0.256 e. The van der Waals surface area contributed by atoms with Crippen molar-refractivity contribution in [1.29, 1.82) is 0 Å². The van der Waals surface area contributed by atoms with Gasteiger partial charge in [0.2, 0.25) is 10.0 Å². The normalized spacial score (nSPS) is 19.4. The summed E-state index contributed by atoms with van der Waals surface area (Å²) in [6.07, 6.45) is 4.01. The first-order chi connectivity index (χ1) is 15.3. The van der Waals surface area contributed by atoms with E-state index < -0.39 is 10.0 Å². The molecule has 168 valence electrons. The predicted octanol–water partition coefficient (Wildman–Crippen LogP) is 4.09. The zero-order chi connectivity index (χ0) is 22.5. The molecule has 1 saturated carbocycles. The Morgan fingerprint density at radius 3 is 2.34 bits per heavy atom. The Kier molecular flexibility index (Phi) is 5.34. The predicted molar refractivity (Wildman–Crippen MR) is 127 cm³/mol. The van der Waals surface area contributed by atoms with E-state index in [-0.39, 0.29) is 10.8 Å². The molecule has 0 spiro atoms. The second-order valence-corrected chi connectivity index (χ2v) is 11.0. The Bertz CT molecular complexity index is 1220. The molecule has 3 aliphatic rings. The Balaban J connectivity index is 1.39. The minimum atomic E-state index is -3.63. The molecule has 7 heteroatoms. The van der Waals surface area contributed by atoms with Crippen molar-refractivity contribution in [3.05, 3.63) is 58.7 Å². The van der Waals surface area contributed by atoms with Crippen LogP contribution in [0.1, 0.15) is 42.4 Å². The first-order valence-corrected chi connectivity index (χ1v) is 12.8. The molecule has 1 saturated heterocycles. The largest absolute Gasteiger partial charge is 0.369 e. The minimum absolute atomic E-state index is 0.103. The number of aryl methyl sites for hydroxylation is 2. The molecule has 2 aromatic rings. The highest BCUT2D eigenvalue weighted by molar-refractivity contribution is 7.89. The molecule has 0 radical (unpaired) electrons. The third-order valence-corrected chi connectivity index (χ3v) is 8.77. The molecule has 1 aliphatic carbocycles. The van der Waals surface area contributed by atoms with Crippen molar-refractivity contribution >= 4 is 32.9 Å². The number of rotatable bonds is 3. The zero-order valence-electron chi connectivity index (χ0n) is 18.6. The third kappa shape index (κ3) is 3.63. The van der Waals surface area contributed by atoms with Crippen LogP contribution in [-0.2, 0) is 14.8 Å². The van der Waals surface area contributed by atoms with Gasteiger partial charge in [0, 0.05) is 48.7 Å². The van der Waals surface area contributed by atoms with Crippen molar-refractivity contribution in [2.24, 2.45) is 0 Å². The highest BCUT2D eigenvalue weighted by atomic mass is 32.2. The quantitative estimate of drug-likeness (QED) is 0.714. The van der Waals surface area contributed by atoms with Crippen molar-refractivity contribution in [3.8, 4) is 0 Å². The SMILES string of the molecule is Cc1ccc(C)c(N2CCN(S(=O)(=O)c3ccc4c(c3)C(=C3CCCC3)C(=O)N4)CC2)c1. The molecule has 2 aliphatic heterocycles. The number of hydrogen-bond donors (Lipinski definition) is 1. The van der Waals surface area contributed by atoms with E-state index in [9.17, 15) is 13.2 Å². The topological polar surface area (TPSA) is 69.7 Å². The number of piperazine rings is 1. The Labute approximate surface area is 190 Å². The van der Waals surface area contributed by atoms with Crippen LogP contribution in [0.3, 0.4) is 0 Å². The molecule has 32 heavy (non-hydrogen) atoms. The number of fused-ring (bicyclic) bond motifs is 1. The van der Waals surface area contributed by atoms with E-state index in [2.05, 4.69) is 42.3 Å². The molecule has 1 amide bonds. The summed E-state index contributed by atoms with van der Waals surface area (Å²) in [7, 11) is -3.63. The first kappa shape index (κ1) is 21.2. The minimum Gasteiger partial charge on any atom is -0.369 e. The Morgan fingerprint density at radius 1 is 0.906 bits per heavy atom. The van der Waals surface area contributed by atoms with Crippen LogP contribution in [0.2, 0.25) is 0 Å². The zero-order valence-corrected chi connectivity index (χ0v) is 19.5. The molecule has 0 aromatic heterocycles. The lowest BCUT2D eigenvalue weighted by atomic mass is 10.00. The van der Waals surface area contributed by atoms with Crippen molar-refractivity contribution in [2.45, 2.75) is 44.4 Å². The van der Waals surface area contributed by atoms with Gasteiger partial charge in [-0.15, -0.1) is 0 Å². The summed E-state index contributed by atoms with van der Waals surface area (Å²) in [4.78, 5) is 15.1. The maximum atomic E-state index is 13.4. The van der Waals surface area contributed by atoms with E-state index in [0.29, 0.717) is 37.4 Å². The van der Waals surface area contributed by atoms with Crippen LogP contribution in [0.25, 0.3) is 5.57 Å². The number of amides is 1. The van der Waals surface area contributed by atoms with Crippen LogP contribution in [-0.4, -0.2) is 44.8 Å². The molecule has 2 aromatic carbocycles. The van der Waals surface area contributed by atoms with Crippen LogP contribution in [0.5, 0.6) is 0 Å². The van der Waals surface area contributed by atoms with E-state index in [1.54, 1.807) is 22.5 Å². The lowest BCUT2D eigenvalue weighted by molar-refractivity contribution is -0.110. The molecule has 2 fully saturated rings. The van der Waals surface area contributed by atoms with Gasteiger partial charge in [-0.05, 0) is 74.9 Å². The van der Waals surface area contributed by atoms with Crippen molar-refractivity contribution in [3.63, 3.8) is 0 Å². The lowest BCUT2D eigenvalue weighted by Crippen LogP contribution is -2.48. The van der Waals surface area contributed by atoms with Gasteiger partial charge in [0.15, 0.2) is 0 Å². The lowest BCUT2D eigenvalue weighted by Gasteiger charge is -2.36. The second kappa shape index (κ2) is 8.05. The van der Waals surface area contributed by atoms with Crippen molar-refractivity contribution < 1.29 is 13.2 Å². The van der Waals surface area contributed by atoms with Gasteiger partial charge in [-0.3, -0.25) is 4.79 Å². The molecule has 2 heterocycles. The Hall–Kier alpha value is -2.64. The molecule has 5 rings (SSSR count). The monoisotopic (exact) mass is 451 g/mol. The van der Waals surface area contributed by atoms with Crippen molar-refractivity contribution in [2.75, 3.05) is 36.4 Å². The molecule has 0 unspecified atom stereocenters. The van der Waals surface area contributed by atoms with Gasteiger partial charge in [-0.25, -0.2) is 8.42 Å². The summed E-state index contributed by atoms with van der Waals surface area (Å²) in [6, 6.07) is 11.4. The number of allylic oxidation sites excluding steroid dienone is 1. The molecule has 1 N–H and O–H groups in total. The van der Waals surface area contributed by atoms with Crippen LogP contribution in [0.15, 0.2) is 46.9 Å². The standard InChI is InChI=1S/C25H29N3O3S/c1-17-7-8-18(2)23(15-17)27-11-13-28(14-12-27)32(30,31)20-9-10-22-21(16-20)24(25(29)26-22)19-5-3-4-6-19/h7-10,15-16H,3-6,11-14H2,1-2H3,(H,26,29). The number of anilines is 2. The highest BCUT2D eigenvalue weighted by Crippen LogP contribution is 2.40. The van der Waals surface area contributed by atoms with Gasteiger partial charge in [0.05, 0.1) is 4.90 Å².